The largest absolute Gasteiger partial charge is 0.461 e. The van der Waals surface area contributed by atoms with E-state index in [2.05, 4.69) is 22.2 Å². The van der Waals surface area contributed by atoms with E-state index in [9.17, 15) is 4.79 Å². The fourth-order valence-corrected chi connectivity index (χ4v) is 4.19. The summed E-state index contributed by atoms with van der Waals surface area (Å²) in [7, 11) is 0. The summed E-state index contributed by atoms with van der Waals surface area (Å²) < 4.78 is 5.39. The van der Waals surface area contributed by atoms with Crippen LogP contribution >= 0.6 is 11.3 Å². The number of fused-ring (bicyclic) bond motifs is 1. The lowest BCUT2D eigenvalue weighted by molar-refractivity contribution is 0.0939. The van der Waals surface area contributed by atoms with Gasteiger partial charge in [0.1, 0.15) is 4.83 Å². The summed E-state index contributed by atoms with van der Waals surface area (Å²) in [6.07, 6.45) is 4.03. The SMILES string of the molecule is Cc1nc(-c2ccco2)nc2sc(C(=O)NC(C)C3CC3)c(C)c12. The molecule has 1 unspecified atom stereocenters. The molecule has 1 aliphatic carbocycles. The zero-order valence-corrected chi connectivity index (χ0v) is 14.7. The molecule has 0 aliphatic heterocycles. The molecule has 0 aromatic carbocycles. The fraction of sp³-hybridized carbons (Fsp3) is 0.389. The van der Waals surface area contributed by atoms with Crippen molar-refractivity contribution in [1.29, 1.82) is 0 Å². The van der Waals surface area contributed by atoms with Crippen LogP contribution in [0.2, 0.25) is 0 Å². The molecule has 1 saturated carbocycles. The Balaban J connectivity index is 1.73. The predicted molar refractivity (Wildman–Crippen MR) is 94.2 cm³/mol. The Morgan fingerprint density at radius 2 is 2.17 bits per heavy atom. The number of thiophene rings is 1. The van der Waals surface area contributed by atoms with Crippen LogP contribution in [-0.2, 0) is 0 Å². The third-order valence-corrected chi connectivity index (χ3v) is 5.79. The Morgan fingerprint density at radius 1 is 1.38 bits per heavy atom. The van der Waals surface area contributed by atoms with Gasteiger partial charge in [0.25, 0.3) is 5.91 Å². The van der Waals surface area contributed by atoms with Crippen LogP contribution < -0.4 is 5.32 Å². The monoisotopic (exact) mass is 341 g/mol. The molecule has 3 aromatic rings. The first-order valence-electron chi connectivity index (χ1n) is 8.17. The van der Waals surface area contributed by atoms with Gasteiger partial charge >= 0.3 is 0 Å². The van der Waals surface area contributed by atoms with Crippen molar-refractivity contribution < 1.29 is 9.21 Å². The highest BCUT2D eigenvalue weighted by Gasteiger charge is 2.30. The topological polar surface area (TPSA) is 68.0 Å². The van der Waals surface area contributed by atoms with Gasteiger partial charge in [-0.15, -0.1) is 11.3 Å². The van der Waals surface area contributed by atoms with Gasteiger partial charge in [-0.25, -0.2) is 9.97 Å². The number of aromatic nitrogens is 2. The number of hydrogen-bond donors (Lipinski definition) is 1. The second kappa shape index (κ2) is 5.70. The van der Waals surface area contributed by atoms with Crippen molar-refractivity contribution >= 4 is 27.5 Å². The van der Waals surface area contributed by atoms with Crippen LogP contribution in [-0.4, -0.2) is 21.9 Å². The van der Waals surface area contributed by atoms with Gasteiger partial charge in [-0.3, -0.25) is 4.79 Å². The smallest absolute Gasteiger partial charge is 0.261 e. The molecule has 124 valence electrons. The van der Waals surface area contributed by atoms with E-state index in [0.717, 1.165) is 26.4 Å². The molecule has 0 spiro atoms. The van der Waals surface area contributed by atoms with Crippen molar-refractivity contribution in [3.8, 4) is 11.6 Å². The predicted octanol–water partition coefficient (Wildman–Crippen LogP) is 4.10. The third kappa shape index (κ3) is 2.60. The van der Waals surface area contributed by atoms with Crippen LogP contribution in [0, 0.1) is 19.8 Å². The summed E-state index contributed by atoms with van der Waals surface area (Å²) in [5.41, 5.74) is 1.83. The van der Waals surface area contributed by atoms with Crippen LogP contribution in [0.25, 0.3) is 21.8 Å². The minimum atomic E-state index is -0.00570. The van der Waals surface area contributed by atoms with Gasteiger partial charge in [-0.2, -0.15) is 0 Å². The normalized spacial score (nSPS) is 15.6. The minimum Gasteiger partial charge on any atom is -0.461 e. The highest BCUT2D eigenvalue weighted by molar-refractivity contribution is 7.20. The van der Waals surface area contributed by atoms with Crippen molar-refractivity contribution in [3.05, 3.63) is 34.5 Å². The second-order valence-electron chi connectivity index (χ2n) is 6.45. The molecule has 3 aromatic heterocycles. The van der Waals surface area contributed by atoms with Crippen molar-refractivity contribution in [3.63, 3.8) is 0 Å². The Morgan fingerprint density at radius 3 is 2.83 bits per heavy atom. The molecule has 24 heavy (non-hydrogen) atoms. The van der Waals surface area contributed by atoms with E-state index in [-0.39, 0.29) is 11.9 Å². The standard InChI is InChI=1S/C18H19N3O2S/c1-9-14-11(3)19-16(13-5-4-8-23-13)21-18(14)24-15(9)17(22)20-10(2)12-6-7-12/h4-5,8,10,12H,6-7H2,1-3H3,(H,20,22). The van der Waals surface area contributed by atoms with E-state index >= 15 is 0 Å². The third-order valence-electron chi connectivity index (χ3n) is 4.61. The van der Waals surface area contributed by atoms with Gasteiger partial charge < -0.3 is 9.73 Å². The summed E-state index contributed by atoms with van der Waals surface area (Å²) in [4.78, 5) is 23.3. The van der Waals surface area contributed by atoms with E-state index in [4.69, 9.17) is 4.42 Å². The number of carbonyl (C=O) groups excluding carboxylic acids is 1. The highest BCUT2D eigenvalue weighted by atomic mass is 32.1. The van der Waals surface area contributed by atoms with Crippen LogP contribution in [0.5, 0.6) is 0 Å². The van der Waals surface area contributed by atoms with Crippen molar-refractivity contribution in [2.45, 2.75) is 39.7 Å². The molecule has 1 amide bonds. The lowest BCUT2D eigenvalue weighted by atomic mass is 10.1. The summed E-state index contributed by atoms with van der Waals surface area (Å²) in [6.45, 7) is 6.00. The first-order chi connectivity index (χ1) is 11.5. The first-order valence-corrected chi connectivity index (χ1v) is 8.98. The molecular formula is C18H19N3O2S. The minimum absolute atomic E-state index is 0.00570. The number of furan rings is 1. The molecule has 3 heterocycles. The average Bonchev–Trinajstić information content (AvgIpc) is 3.14. The van der Waals surface area contributed by atoms with Gasteiger partial charge in [0, 0.05) is 11.4 Å². The quantitative estimate of drug-likeness (QED) is 0.776. The zero-order valence-electron chi connectivity index (χ0n) is 13.9. The number of hydrogen-bond acceptors (Lipinski definition) is 5. The van der Waals surface area contributed by atoms with E-state index in [1.165, 1.54) is 24.2 Å². The van der Waals surface area contributed by atoms with Gasteiger partial charge in [0.05, 0.1) is 16.8 Å². The molecule has 6 heteroatoms. The average molecular weight is 341 g/mol. The number of carbonyl (C=O) groups is 1. The summed E-state index contributed by atoms with van der Waals surface area (Å²) in [6, 6.07) is 3.88. The van der Waals surface area contributed by atoms with Crippen molar-refractivity contribution in [2.75, 3.05) is 0 Å². The maximum Gasteiger partial charge on any atom is 0.261 e. The molecular weight excluding hydrogens is 322 g/mol. The van der Waals surface area contributed by atoms with Crippen LogP contribution in [0.15, 0.2) is 22.8 Å². The molecule has 4 rings (SSSR count). The lowest BCUT2D eigenvalue weighted by Gasteiger charge is -2.12. The molecule has 0 radical (unpaired) electrons. The Kier molecular flexibility index (Phi) is 3.64. The first kappa shape index (κ1) is 15.3. The molecule has 1 atom stereocenters. The van der Waals surface area contributed by atoms with E-state index < -0.39 is 0 Å². The van der Waals surface area contributed by atoms with Gasteiger partial charge in [0.15, 0.2) is 11.6 Å². The summed E-state index contributed by atoms with van der Waals surface area (Å²) in [5.74, 6) is 1.83. The van der Waals surface area contributed by atoms with Crippen molar-refractivity contribution in [2.24, 2.45) is 5.92 Å². The van der Waals surface area contributed by atoms with Crippen molar-refractivity contribution in [1.82, 2.24) is 15.3 Å². The maximum atomic E-state index is 12.6. The van der Waals surface area contributed by atoms with Crippen LogP contribution in [0.1, 0.15) is 40.7 Å². The Hall–Kier alpha value is -2.21. The van der Waals surface area contributed by atoms with E-state index in [1.807, 2.05) is 26.0 Å². The van der Waals surface area contributed by atoms with E-state index in [0.29, 0.717) is 17.5 Å². The van der Waals surface area contributed by atoms with E-state index in [1.54, 1.807) is 6.26 Å². The number of rotatable bonds is 4. The molecule has 1 fully saturated rings. The Labute approximate surface area is 144 Å². The maximum absolute atomic E-state index is 12.6. The molecule has 0 bridgehead atoms. The lowest BCUT2D eigenvalue weighted by Crippen LogP contribution is -2.33. The van der Waals surface area contributed by atoms with Gasteiger partial charge in [0.2, 0.25) is 0 Å². The molecule has 1 N–H and O–H groups in total. The molecule has 5 nitrogen and oxygen atoms in total. The van der Waals surface area contributed by atoms with Crippen LogP contribution in [0.3, 0.4) is 0 Å². The fourth-order valence-electron chi connectivity index (χ4n) is 3.06. The second-order valence-corrected chi connectivity index (χ2v) is 7.44. The zero-order chi connectivity index (χ0) is 16.8. The van der Waals surface area contributed by atoms with Gasteiger partial charge in [-0.05, 0) is 57.2 Å². The molecule has 0 saturated heterocycles. The number of aryl methyl sites for hydroxylation is 2. The number of nitrogens with zero attached hydrogens (tertiary/aromatic N) is 2. The summed E-state index contributed by atoms with van der Waals surface area (Å²) in [5, 5.41) is 4.10. The molecule has 1 aliphatic rings. The Bertz CT molecular complexity index is 910. The number of amides is 1. The van der Waals surface area contributed by atoms with Crippen LogP contribution in [0.4, 0.5) is 0 Å². The number of nitrogens with one attached hydrogen (secondary N) is 1. The highest BCUT2D eigenvalue weighted by Crippen LogP contribution is 2.35. The van der Waals surface area contributed by atoms with Gasteiger partial charge in [-0.1, -0.05) is 0 Å². The summed E-state index contributed by atoms with van der Waals surface area (Å²) >= 11 is 1.43.